The van der Waals surface area contributed by atoms with E-state index in [2.05, 4.69) is 5.32 Å². The quantitative estimate of drug-likeness (QED) is 0.726. The number of benzene rings is 1. The highest BCUT2D eigenvalue weighted by atomic mass is 16.4. The third-order valence-corrected chi connectivity index (χ3v) is 2.38. The zero-order chi connectivity index (χ0) is 13.5. The van der Waals surface area contributed by atoms with E-state index in [1.807, 2.05) is 0 Å². The maximum atomic E-state index is 11.8. The molecule has 2 amide bonds. The lowest BCUT2D eigenvalue weighted by atomic mass is 10.1. The maximum Gasteiger partial charge on any atom is 0.411 e. The summed E-state index contributed by atoms with van der Waals surface area (Å²) in [4.78, 5) is 24.0. The number of carbonyl (C=O) groups excluding carboxylic acids is 1. The summed E-state index contributed by atoms with van der Waals surface area (Å²) in [7, 11) is 0. The number of rotatable bonds is 5. The van der Waals surface area contributed by atoms with Crippen molar-refractivity contribution in [2.75, 3.05) is 24.6 Å². The van der Waals surface area contributed by atoms with E-state index in [0.29, 0.717) is 5.69 Å². The molecule has 0 aliphatic heterocycles. The Morgan fingerprint density at radius 1 is 1.33 bits per heavy atom. The lowest BCUT2D eigenvalue weighted by Gasteiger charge is -2.20. The Hall–Kier alpha value is -2.08. The first kappa shape index (κ1) is 14.0. The zero-order valence-corrected chi connectivity index (χ0v) is 10.1. The topological polar surface area (TPSA) is 89.9 Å². The molecule has 0 radical (unpaired) electrons. The van der Waals surface area contributed by atoms with Gasteiger partial charge in [0.25, 0.3) is 5.91 Å². The van der Waals surface area contributed by atoms with E-state index < -0.39 is 12.0 Å². The van der Waals surface area contributed by atoms with Crippen molar-refractivity contribution < 1.29 is 19.8 Å². The molecule has 1 rings (SSSR count). The molecule has 0 bridgehead atoms. The normalized spacial score (nSPS) is 9.89. The lowest BCUT2D eigenvalue weighted by molar-refractivity contribution is 0.0945. The second-order valence-corrected chi connectivity index (χ2v) is 3.52. The van der Waals surface area contributed by atoms with Gasteiger partial charge in [0.15, 0.2) is 0 Å². The Labute approximate surface area is 105 Å². The Balaban J connectivity index is 3.05. The van der Waals surface area contributed by atoms with Gasteiger partial charge in [0, 0.05) is 13.1 Å². The summed E-state index contributed by atoms with van der Waals surface area (Å²) >= 11 is 0. The highest BCUT2D eigenvalue weighted by molar-refractivity contribution is 6.03. The standard InChI is InChI=1S/C12H16N2O4/c1-2-14(12(17)18)10-6-4-3-5-9(10)11(16)13-7-8-15/h3-6,15H,2,7-8H2,1H3,(H,13,16)(H,17,18). The predicted molar refractivity (Wildman–Crippen MR) is 66.9 cm³/mol. The number of amides is 2. The molecule has 3 N–H and O–H groups in total. The van der Waals surface area contributed by atoms with Crippen molar-refractivity contribution in [2.24, 2.45) is 0 Å². The van der Waals surface area contributed by atoms with Gasteiger partial charge in [-0.15, -0.1) is 0 Å². The molecule has 0 atom stereocenters. The van der Waals surface area contributed by atoms with Crippen LogP contribution in [0.4, 0.5) is 10.5 Å². The highest BCUT2D eigenvalue weighted by Gasteiger charge is 2.19. The summed E-state index contributed by atoms with van der Waals surface area (Å²) in [5, 5.41) is 20.2. The Bertz CT molecular complexity index is 434. The maximum absolute atomic E-state index is 11.8. The van der Waals surface area contributed by atoms with Crippen molar-refractivity contribution in [1.29, 1.82) is 0 Å². The minimum atomic E-state index is -1.11. The second kappa shape index (κ2) is 6.61. The van der Waals surface area contributed by atoms with Crippen molar-refractivity contribution in [3.63, 3.8) is 0 Å². The van der Waals surface area contributed by atoms with Crippen LogP contribution in [0.25, 0.3) is 0 Å². The van der Waals surface area contributed by atoms with Gasteiger partial charge in [-0.25, -0.2) is 4.79 Å². The number of carboxylic acid groups (broad SMARTS) is 1. The van der Waals surface area contributed by atoms with Gasteiger partial charge >= 0.3 is 6.09 Å². The van der Waals surface area contributed by atoms with Crippen LogP contribution in [0.5, 0.6) is 0 Å². The van der Waals surface area contributed by atoms with Crippen molar-refractivity contribution in [3.8, 4) is 0 Å². The average molecular weight is 252 g/mol. The van der Waals surface area contributed by atoms with Crippen LogP contribution in [0.2, 0.25) is 0 Å². The molecule has 0 fully saturated rings. The molecule has 98 valence electrons. The molecule has 0 heterocycles. The zero-order valence-electron chi connectivity index (χ0n) is 10.1. The van der Waals surface area contributed by atoms with Crippen LogP contribution < -0.4 is 10.2 Å². The Morgan fingerprint density at radius 3 is 2.56 bits per heavy atom. The van der Waals surface area contributed by atoms with Crippen molar-refractivity contribution in [1.82, 2.24) is 5.32 Å². The van der Waals surface area contributed by atoms with Gasteiger partial charge in [-0.1, -0.05) is 12.1 Å². The number of nitrogens with zero attached hydrogens (tertiary/aromatic N) is 1. The Kier molecular flexibility index (Phi) is 5.13. The molecule has 0 spiro atoms. The van der Waals surface area contributed by atoms with Crippen LogP contribution in [0.1, 0.15) is 17.3 Å². The van der Waals surface area contributed by atoms with Crippen LogP contribution in [0.15, 0.2) is 24.3 Å². The average Bonchev–Trinajstić information content (AvgIpc) is 2.37. The third kappa shape index (κ3) is 3.21. The van der Waals surface area contributed by atoms with E-state index in [1.165, 1.54) is 0 Å². The molecule has 0 saturated carbocycles. The third-order valence-electron chi connectivity index (χ3n) is 2.38. The van der Waals surface area contributed by atoms with Crippen LogP contribution in [0.3, 0.4) is 0 Å². The van der Waals surface area contributed by atoms with Gasteiger partial charge in [0.05, 0.1) is 17.9 Å². The summed E-state index contributed by atoms with van der Waals surface area (Å²) in [6.07, 6.45) is -1.11. The molecule has 0 saturated heterocycles. The van der Waals surface area contributed by atoms with Crippen LogP contribution in [0, 0.1) is 0 Å². The summed E-state index contributed by atoms with van der Waals surface area (Å²) in [6.45, 7) is 1.91. The molecule has 6 heteroatoms. The Morgan fingerprint density at radius 2 is 2.00 bits per heavy atom. The number of anilines is 1. The molecule has 18 heavy (non-hydrogen) atoms. The minimum Gasteiger partial charge on any atom is -0.465 e. The lowest BCUT2D eigenvalue weighted by Crippen LogP contribution is -2.33. The number of hydrogen-bond donors (Lipinski definition) is 3. The van der Waals surface area contributed by atoms with Crippen molar-refractivity contribution in [2.45, 2.75) is 6.92 Å². The summed E-state index contributed by atoms with van der Waals surface area (Å²) in [5.74, 6) is -0.403. The number of aliphatic hydroxyl groups excluding tert-OH is 1. The van der Waals surface area contributed by atoms with E-state index in [-0.39, 0.29) is 25.3 Å². The number of para-hydroxylation sites is 1. The van der Waals surface area contributed by atoms with Crippen LogP contribution >= 0.6 is 0 Å². The highest BCUT2D eigenvalue weighted by Crippen LogP contribution is 2.20. The van der Waals surface area contributed by atoms with E-state index in [0.717, 1.165) is 4.90 Å². The molecule has 0 aromatic heterocycles. The number of hydrogen-bond acceptors (Lipinski definition) is 3. The fourth-order valence-electron chi connectivity index (χ4n) is 1.57. The second-order valence-electron chi connectivity index (χ2n) is 3.52. The van der Waals surface area contributed by atoms with E-state index in [1.54, 1.807) is 31.2 Å². The summed E-state index contributed by atoms with van der Waals surface area (Å²) < 4.78 is 0. The first-order chi connectivity index (χ1) is 8.61. The summed E-state index contributed by atoms with van der Waals surface area (Å²) in [5.41, 5.74) is 0.609. The number of carbonyl (C=O) groups is 2. The van der Waals surface area contributed by atoms with Gasteiger partial charge in [-0.05, 0) is 19.1 Å². The number of aliphatic hydroxyl groups is 1. The largest absolute Gasteiger partial charge is 0.465 e. The van der Waals surface area contributed by atoms with Gasteiger partial charge in [-0.2, -0.15) is 0 Å². The van der Waals surface area contributed by atoms with Crippen LogP contribution in [-0.2, 0) is 0 Å². The van der Waals surface area contributed by atoms with Crippen molar-refractivity contribution >= 4 is 17.7 Å². The van der Waals surface area contributed by atoms with E-state index in [4.69, 9.17) is 10.2 Å². The number of nitrogens with one attached hydrogen (secondary N) is 1. The molecule has 1 aromatic carbocycles. The molecular weight excluding hydrogens is 236 g/mol. The van der Waals surface area contributed by atoms with E-state index >= 15 is 0 Å². The monoisotopic (exact) mass is 252 g/mol. The van der Waals surface area contributed by atoms with Gasteiger partial charge in [0.1, 0.15) is 0 Å². The van der Waals surface area contributed by atoms with Crippen LogP contribution in [-0.4, -0.2) is 41.9 Å². The molecule has 0 aliphatic carbocycles. The predicted octanol–water partition coefficient (Wildman–Crippen LogP) is 0.913. The molecular formula is C12H16N2O4. The van der Waals surface area contributed by atoms with E-state index in [9.17, 15) is 9.59 Å². The van der Waals surface area contributed by atoms with Gasteiger partial charge in [0.2, 0.25) is 0 Å². The molecule has 6 nitrogen and oxygen atoms in total. The molecule has 0 unspecified atom stereocenters. The first-order valence-corrected chi connectivity index (χ1v) is 5.60. The SMILES string of the molecule is CCN(C(=O)O)c1ccccc1C(=O)NCCO. The first-order valence-electron chi connectivity index (χ1n) is 5.60. The van der Waals surface area contributed by atoms with Gasteiger partial charge in [-0.3, -0.25) is 9.69 Å². The minimum absolute atomic E-state index is 0.131. The molecule has 0 aliphatic rings. The van der Waals surface area contributed by atoms with Gasteiger partial charge < -0.3 is 15.5 Å². The fraction of sp³-hybridized carbons (Fsp3) is 0.333. The summed E-state index contributed by atoms with van der Waals surface area (Å²) in [6, 6.07) is 6.45. The fourth-order valence-corrected chi connectivity index (χ4v) is 1.57. The smallest absolute Gasteiger partial charge is 0.411 e. The molecule has 1 aromatic rings. The van der Waals surface area contributed by atoms with Crippen molar-refractivity contribution in [3.05, 3.63) is 29.8 Å².